The van der Waals surface area contributed by atoms with Gasteiger partial charge < -0.3 is 4.90 Å². The molecule has 1 aliphatic heterocycles. The smallest absolute Gasteiger partial charge is 0.0666 e. The van der Waals surface area contributed by atoms with E-state index in [1.165, 1.54) is 32.3 Å². The third-order valence-electron chi connectivity index (χ3n) is 8.98. The highest BCUT2D eigenvalue weighted by atomic mass is 32.2. The summed E-state index contributed by atoms with van der Waals surface area (Å²) in [5.74, 6) is 0. The van der Waals surface area contributed by atoms with E-state index in [2.05, 4.69) is 134 Å². The summed E-state index contributed by atoms with van der Waals surface area (Å²) in [6, 6.07) is 50.7. The summed E-state index contributed by atoms with van der Waals surface area (Å²) in [7, 11) is 0. The molecule has 5 nitrogen and oxygen atoms in total. The molecular formula is C46H41N5S. The summed E-state index contributed by atoms with van der Waals surface area (Å²) in [6.07, 6.45) is 7.65. The molecule has 52 heavy (non-hydrogen) atoms. The standard InChI is InChI=1S/C46H41N5S/c1-4-35-17-21-37(22-18-35)33-50(41-13-9-7-10-14-41)47-31-39-25-27-43-45(29-39)52-46-30-40(26-28-44(46)49(43)6-3)32-48-51(42-15-11-8-12-16-42)34-38-23-19-36(5-2)20-24-38/h4-5,7-32H,1-2,6,33-34H2,3H3/b47-31+,48-32+. The molecule has 6 heteroatoms. The van der Waals surface area contributed by atoms with Gasteiger partial charge in [0.05, 0.1) is 48.3 Å². The maximum atomic E-state index is 4.99. The van der Waals surface area contributed by atoms with Crippen LogP contribution in [0.1, 0.15) is 40.3 Å². The monoisotopic (exact) mass is 695 g/mol. The van der Waals surface area contributed by atoms with Gasteiger partial charge in [-0.1, -0.05) is 134 Å². The van der Waals surface area contributed by atoms with Crippen LogP contribution in [0.5, 0.6) is 0 Å². The predicted molar refractivity (Wildman–Crippen MR) is 223 cm³/mol. The van der Waals surface area contributed by atoms with Crippen molar-refractivity contribution in [1.29, 1.82) is 0 Å². The van der Waals surface area contributed by atoms with Crippen LogP contribution in [0.25, 0.3) is 12.2 Å². The molecule has 0 bridgehead atoms. The minimum atomic E-state index is 0.655. The number of nitrogens with zero attached hydrogens (tertiary/aromatic N) is 5. The third kappa shape index (κ3) is 8.09. The zero-order chi connectivity index (χ0) is 35.7. The van der Waals surface area contributed by atoms with Crippen LogP contribution in [0.2, 0.25) is 0 Å². The topological polar surface area (TPSA) is 34.4 Å². The zero-order valence-corrected chi connectivity index (χ0v) is 30.2. The average molecular weight is 696 g/mol. The first kappa shape index (κ1) is 34.3. The second-order valence-corrected chi connectivity index (χ2v) is 13.6. The Morgan fingerprint density at radius 1 is 0.538 bits per heavy atom. The van der Waals surface area contributed by atoms with E-state index in [1.807, 2.05) is 71.0 Å². The lowest BCUT2D eigenvalue weighted by atomic mass is 10.1. The molecule has 6 aromatic carbocycles. The first-order valence-electron chi connectivity index (χ1n) is 17.5. The maximum Gasteiger partial charge on any atom is 0.0666 e. The van der Waals surface area contributed by atoms with Crippen LogP contribution >= 0.6 is 11.8 Å². The van der Waals surface area contributed by atoms with Crippen molar-refractivity contribution in [1.82, 2.24) is 0 Å². The highest BCUT2D eigenvalue weighted by Gasteiger charge is 2.23. The Morgan fingerprint density at radius 3 is 1.33 bits per heavy atom. The molecule has 7 rings (SSSR count). The van der Waals surface area contributed by atoms with E-state index in [0.29, 0.717) is 13.1 Å². The van der Waals surface area contributed by atoms with Crippen LogP contribution in [0.4, 0.5) is 22.7 Å². The fraction of sp³-hybridized carbons (Fsp3) is 0.0870. The number of rotatable bonds is 13. The molecule has 0 atom stereocenters. The van der Waals surface area contributed by atoms with Crippen molar-refractivity contribution in [2.24, 2.45) is 10.2 Å². The molecule has 0 radical (unpaired) electrons. The summed E-state index contributed by atoms with van der Waals surface area (Å²) in [4.78, 5) is 4.79. The van der Waals surface area contributed by atoms with Gasteiger partial charge in [0.15, 0.2) is 0 Å². The highest BCUT2D eigenvalue weighted by Crippen LogP contribution is 2.48. The first-order valence-corrected chi connectivity index (χ1v) is 18.3. The lowest BCUT2D eigenvalue weighted by Crippen LogP contribution is -2.20. The van der Waals surface area contributed by atoms with E-state index in [9.17, 15) is 0 Å². The molecule has 0 amide bonds. The molecule has 0 N–H and O–H groups in total. The number of fused-ring (bicyclic) bond motifs is 2. The van der Waals surface area contributed by atoms with Crippen molar-refractivity contribution in [2.45, 2.75) is 29.8 Å². The molecule has 0 aromatic heterocycles. The van der Waals surface area contributed by atoms with Crippen molar-refractivity contribution in [3.8, 4) is 0 Å². The van der Waals surface area contributed by atoms with Crippen LogP contribution in [0, 0.1) is 0 Å². The van der Waals surface area contributed by atoms with Crippen molar-refractivity contribution in [3.05, 3.63) is 192 Å². The van der Waals surface area contributed by atoms with Crippen LogP contribution in [-0.4, -0.2) is 19.0 Å². The Kier molecular flexibility index (Phi) is 10.7. The Hall–Kier alpha value is -6.11. The van der Waals surface area contributed by atoms with Gasteiger partial charge in [-0.2, -0.15) is 10.2 Å². The number of hydrazone groups is 2. The first-order chi connectivity index (χ1) is 25.6. The Bertz CT molecular complexity index is 2040. The Balaban J connectivity index is 1.13. The number of hydrogen-bond donors (Lipinski definition) is 0. The zero-order valence-electron chi connectivity index (χ0n) is 29.3. The lowest BCUT2D eigenvalue weighted by Gasteiger charge is -2.32. The molecule has 0 saturated carbocycles. The van der Waals surface area contributed by atoms with Gasteiger partial charge in [0.25, 0.3) is 0 Å². The van der Waals surface area contributed by atoms with Crippen molar-refractivity contribution < 1.29 is 0 Å². The normalized spacial score (nSPS) is 12.1. The van der Waals surface area contributed by atoms with Gasteiger partial charge in [-0.3, -0.25) is 10.0 Å². The molecule has 0 fully saturated rings. The van der Waals surface area contributed by atoms with Gasteiger partial charge in [0.1, 0.15) is 0 Å². The van der Waals surface area contributed by atoms with Gasteiger partial charge in [-0.05, 0) is 88.8 Å². The SMILES string of the molecule is C=Cc1ccc(CN(/N=C/c2ccc3c(c2)Sc2cc(/C=N/N(Cc4ccc(C=C)cc4)c4ccccc4)ccc2N3CC)c2ccccc2)cc1. The van der Waals surface area contributed by atoms with Crippen molar-refractivity contribution in [3.63, 3.8) is 0 Å². The Labute approximate surface area is 311 Å². The van der Waals surface area contributed by atoms with E-state index in [1.54, 1.807) is 11.8 Å². The van der Waals surface area contributed by atoms with E-state index >= 15 is 0 Å². The summed E-state index contributed by atoms with van der Waals surface area (Å²) in [5, 5.41) is 14.1. The molecule has 0 spiro atoms. The predicted octanol–water partition coefficient (Wildman–Crippen LogP) is 11.7. The van der Waals surface area contributed by atoms with Crippen LogP contribution in [0.15, 0.2) is 179 Å². The fourth-order valence-corrected chi connectivity index (χ4v) is 7.35. The summed E-state index contributed by atoms with van der Waals surface area (Å²) >= 11 is 1.80. The summed E-state index contributed by atoms with van der Waals surface area (Å²) in [5.41, 5.74) is 11.1. The summed E-state index contributed by atoms with van der Waals surface area (Å²) in [6.45, 7) is 12.1. The second kappa shape index (κ2) is 16.3. The highest BCUT2D eigenvalue weighted by molar-refractivity contribution is 7.99. The minimum absolute atomic E-state index is 0.655. The number of benzene rings is 6. The van der Waals surface area contributed by atoms with E-state index < -0.39 is 0 Å². The van der Waals surface area contributed by atoms with Crippen LogP contribution in [-0.2, 0) is 13.1 Å². The van der Waals surface area contributed by atoms with Gasteiger partial charge in [0, 0.05) is 16.3 Å². The lowest BCUT2D eigenvalue weighted by molar-refractivity contribution is 0.858. The van der Waals surface area contributed by atoms with Gasteiger partial charge in [-0.25, -0.2) is 0 Å². The Morgan fingerprint density at radius 2 is 0.942 bits per heavy atom. The summed E-state index contributed by atoms with van der Waals surface area (Å²) < 4.78 is 0. The molecule has 0 aliphatic carbocycles. The maximum absolute atomic E-state index is 4.99. The molecule has 0 unspecified atom stereocenters. The van der Waals surface area contributed by atoms with Gasteiger partial charge >= 0.3 is 0 Å². The number of para-hydroxylation sites is 2. The van der Waals surface area contributed by atoms with E-state index in [4.69, 9.17) is 10.2 Å². The van der Waals surface area contributed by atoms with Crippen LogP contribution in [0.3, 0.4) is 0 Å². The van der Waals surface area contributed by atoms with Crippen LogP contribution < -0.4 is 14.9 Å². The molecule has 1 heterocycles. The largest absolute Gasteiger partial charge is 0.340 e. The molecule has 6 aromatic rings. The van der Waals surface area contributed by atoms with Crippen molar-refractivity contribution >= 4 is 59.1 Å². The van der Waals surface area contributed by atoms with E-state index in [-0.39, 0.29) is 0 Å². The third-order valence-corrected chi connectivity index (χ3v) is 10.1. The quantitative estimate of drug-likeness (QED) is 0.0890. The molecular weight excluding hydrogens is 655 g/mol. The van der Waals surface area contributed by atoms with Gasteiger partial charge in [0.2, 0.25) is 0 Å². The number of hydrogen-bond acceptors (Lipinski definition) is 6. The average Bonchev–Trinajstić information content (AvgIpc) is 3.21. The fourth-order valence-electron chi connectivity index (χ4n) is 6.15. The van der Waals surface area contributed by atoms with Crippen molar-refractivity contribution in [2.75, 3.05) is 21.5 Å². The molecule has 0 saturated heterocycles. The van der Waals surface area contributed by atoms with Gasteiger partial charge in [-0.15, -0.1) is 0 Å². The number of anilines is 4. The molecule has 256 valence electrons. The molecule has 1 aliphatic rings. The second-order valence-electron chi connectivity index (χ2n) is 12.5. The van der Waals surface area contributed by atoms with E-state index in [0.717, 1.165) is 40.2 Å². The minimum Gasteiger partial charge on any atom is -0.340 e.